The highest BCUT2D eigenvalue weighted by molar-refractivity contribution is 6.31. The van der Waals surface area contributed by atoms with Crippen molar-refractivity contribution in [3.05, 3.63) is 28.8 Å². The summed E-state index contributed by atoms with van der Waals surface area (Å²) in [5.74, 6) is -0.723. The van der Waals surface area contributed by atoms with Gasteiger partial charge in [0.25, 0.3) is 0 Å². The molecular formula is C8H8ClFN2O2. The van der Waals surface area contributed by atoms with Crippen LogP contribution in [0.2, 0.25) is 5.02 Å². The number of ether oxygens (including phenoxy) is 1. The van der Waals surface area contributed by atoms with E-state index in [0.717, 1.165) is 0 Å². The van der Waals surface area contributed by atoms with E-state index in [2.05, 4.69) is 10.1 Å². The molecule has 1 N–H and O–H groups in total. The van der Waals surface area contributed by atoms with E-state index in [0.29, 0.717) is 0 Å². The molecule has 0 aromatic carbocycles. The van der Waals surface area contributed by atoms with Crippen molar-refractivity contribution >= 4 is 17.3 Å². The third-order valence-corrected chi connectivity index (χ3v) is 1.81. The molecule has 0 bridgehead atoms. The number of nitrogens with zero attached hydrogens (tertiary/aromatic N) is 2. The summed E-state index contributed by atoms with van der Waals surface area (Å²) in [5, 5.41) is 11.4. The third kappa shape index (κ3) is 2.18. The fourth-order valence-corrected chi connectivity index (χ4v) is 1.05. The summed E-state index contributed by atoms with van der Waals surface area (Å²) in [6.45, 7) is -0.0409. The summed E-state index contributed by atoms with van der Waals surface area (Å²) in [4.78, 5) is 3.70. The van der Waals surface area contributed by atoms with Gasteiger partial charge in [-0.25, -0.2) is 4.39 Å². The van der Waals surface area contributed by atoms with E-state index >= 15 is 0 Å². The molecule has 6 heteroatoms. The first-order valence-electron chi connectivity index (χ1n) is 3.71. The summed E-state index contributed by atoms with van der Waals surface area (Å²) in [5.41, 5.74) is -0.116. The smallest absolute Gasteiger partial charge is 0.169 e. The fourth-order valence-electron chi connectivity index (χ4n) is 0.903. The maximum absolute atomic E-state index is 13.3. The van der Waals surface area contributed by atoms with Crippen molar-refractivity contribution < 1.29 is 14.3 Å². The zero-order chi connectivity index (χ0) is 10.6. The van der Waals surface area contributed by atoms with E-state index in [-0.39, 0.29) is 23.0 Å². The van der Waals surface area contributed by atoms with Gasteiger partial charge in [-0.1, -0.05) is 16.8 Å². The molecule has 76 valence electrons. The molecule has 1 rings (SSSR count). The molecule has 1 heterocycles. The van der Waals surface area contributed by atoms with Gasteiger partial charge in [0.15, 0.2) is 5.82 Å². The molecule has 4 nitrogen and oxygen atoms in total. The second-order valence-corrected chi connectivity index (χ2v) is 2.84. The van der Waals surface area contributed by atoms with Gasteiger partial charge in [0.2, 0.25) is 0 Å². The van der Waals surface area contributed by atoms with Crippen molar-refractivity contribution in [2.75, 3.05) is 13.7 Å². The number of methoxy groups -OCH3 is 1. The van der Waals surface area contributed by atoms with E-state index in [4.69, 9.17) is 21.5 Å². The maximum Gasteiger partial charge on any atom is 0.169 e. The summed E-state index contributed by atoms with van der Waals surface area (Å²) in [6, 6.07) is 1.31. The van der Waals surface area contributed by atoms with Crippen molar-refractivity contribution in [2.45, 2.75) is 0 Å². The Morgan fingerprint density at radius 1 is 1.79 bits per heavy atom. The highest BCUT2D eigenvalue weighted by Gasteiger charge is 2.14. The quantitative estimate of drug-likeness (QED) is 0.477. The van der Waals surface area contributed by atoms with Gasteiger partial charge >= 0.3 is 0 Å². The summed E-state index contributed by atoms with van der Waals surface area (Å²) < 4.78 is 18.0. The molecule has 0 amide bonds. The van der Waals surface area contributed by atoms with Crippen molar-refractivity contribution in [3.63, 3.8) is 0 Å². The zero-order valence-electron chi connectivity index (χ0n) is 7.37. The molecule has 0 fully saturated rings. The monoisotopic (exact) mass is 218 g/mol. The van der Waals surface area contributed by atoms with E-state index < -0.39 is 5.82 Å². The van der Waals surface area contributed by atoms with Gasteiger partial charge in [-0.15, -0.1) is 0 Å². The van der Waals surface area contributed by atoms with Crippen LogP contribution in [-0.2, 0) is 4.74 Å². The van der Waals surface area contributed by atoms with Crippen molar-refractivity contribution in [3.8, 4) is 0 Å². The molecular weight excluding hydrogens is 211 g/mol. The molecule has 1 aromatic rings. The highest BCUT2D eigenvalue weighted by atomic mass is 35.5. The first-order valence-corrected chi connectivity index (χ1v) is 4.08. The first-order chi connectivity index (χ1) is 6.70. The Hall–Kier alpha value is -1.20. The Kier molecular flexibility index (Phi) is 3.79. The number of pyridine rings is 1. The van der Waals surface area contributed by atoms with Crippen molar-refractivity contribution in [2.24, 2.45) is 5.16 Å². The molecule has 0 aliphatic rings. The molecule has 14 heavy (non-hydrogen) atoms. The maximum atomic E-state index is 13.3. The average Bonchev–Trinajstić information content (AvgIpc) is 2.19. The number of aromatic nitrogens is 1. The standard InChI is InChI=1S/C8H8ClFN2O2/c1-14-4-6(12-13)8-7(10)5(9)2-3-11-8/h2-3,13H,4H2,1H3. The van der Waals surface area contributed by atoms with Gasteiger partial charge in [-0.05, 0) is 6.07 Å². The first kappa shape index (κ1) is 10.9. The van der Waals surface area contributed by atoms with Crippen LogP contribution < -0.4 is 0 Å². The van der Waals surface area contributed by atoms with Gasteiger partial charge in [-0.2, -0.15) is 0 Å². The van der Waals surface area contributed by atoms with Crippen molar-refractivity contribution in [1.82, 2.24) is 4.98 Å². The van der Waals surface area contributed by atoms with Crippen LogP contribution in [0.1, 0.15) is 5.69 Å². The Bertz CT molecular complexity index is 357. The van der Waals surface area contributed by atoms with Gasteiger partial charge in [0, 0.05) is 13.3 Å². The minimum absolute atomic E-state index is 0.00694. The minimum Gasteiger partial charge on any atom is -0.411 e. The van der Waals surface area contributed by atoms with Gasteiger partial charge in [-0.3, -0.25) is 4.98 Å². The topological polar surface area (TPSA) is 54.7 Å². The predicted octanol–water partition coefficient (Wildman–Crippen LogP) is 1.70. The number of rotatable bonds is 3. The summed E-state index contributed by atoms with van der Waals surface area (Å²) in [6.07, 6.45) is 1.32. The van der Waals surface area contributed by atoms with Crippen LogP contribution in [0.5, 0.6) is 0 Å². The molecule has 0 aliphatic heterocycles. The Morgan fingerprint density at radius 2 is 2.50 bits per heavy atom. The Labute approximate surface area is 85.0 Å². The lowest BCUT2D eigenvalue weighted by molar-refractivity contribution is 0.237. The molecule has 0 atom stereocenters. The predicted molar refractivity (Wildman–Crippen MR) is 49.4 cm³/mol. The SMILES string of the molecule is COCC(=NO)c1nccc(Cl)c1F. The van der Waals surface area contributed by atoms with Crippen LogP contribution in [0.25, 0.3) is 0 Å². The Morgan fingerprint density at radius 3 is 3.07 bits per heavy atom. The van der Waals surface area contributed by atoms with E-state index in [1.54, 1.807) is 0 Å². The van der Waals surface area contributed by atoms with E-state index in [1.165, 1.54) is 19.4 Å². The molecule has 0 saturated heterocycles. The van der Waals surface area contributed by atoms with E-state index in [9.17, 15) is 4.39 Å². The van der Waals surface area contributed by atoms with Gasteiger partial charge in [0.1, 0.15) is 11.4 Å². The lowest BCUT2D eigenvalue weighted by Crippen LogP contribution is -2.13. The molecule has 0 unspecified atom stereocenters. The second kappa shape index (κ2) is 4.88. The molecule has 0 aliphatic carbocycles. The molecule has 0 saturated carbocycles. The van der Waals surface area contributed by atoms with Crippen molar-refractivity contribution in [1.29, 1.82) is 0 Å². The molecule has 0 radical (unpaired) electrons. The summed E-state index contributed by atoms with van der Waals surface area (Å²) >= 11 is 5.52. The average molecular weight is 219 g/mol. The number of hydrogen-bond acceptors (Lipinski definition) is 4. The van der Waals surface area contributed by atoms with Crippen LogP contribution in [0.4, 0.5) is 4.39 Å². The normalized spacial score (nSPS) is 11.8. The van der Waals surface area contributed by atoms with Gasteiger partial charge in [0.05, 0.1) is 11.6 Å². The minimum atomic E-state index is -0.723. The van der Waals surface area contributed by atoms with Crippen LogP contribution in [0.15, 0.2) is 17.4 Å². The lowest BCUT2D eigenvalue weighted by atomic mass is 10.2. The largest absolute Gasteiger partial charge is 0.411 e. The number of oxime groups is 1. The zero-order valence-corrected chi connectivity index (χ0v) is 8.12. The van der Waals surface area contributed by atoms with Gasteiger partial charge < -0.3 is 9.94 Å². The van der Waals surface area contributed by atoms with Crippen LogP contribution in [-0.4, -0.2) is 29.6 Å². The summed E-state index contributed by atoms with van der Waals surface area (Å²) in [7, 11) is 1.40. The lowest BCUT2D eigenvalue weighted by Gasteiger charge is -2.04. The Balaban J connectivity index is 3.11. The van der Waals surface area contributed by atoms with E-state index in [1.807, 2.05) is 0 Å². The number of halogens is 2. The number of hydrogen-bond donors (Lipinski definition) is 1. The fraction of sp³-hybridized carbons (Fsp3) is 0.250. The molecule has 0 spiro atoms. The third-order valence-electron chi connectivity index (χ3n) is 1.52. The molecule has 1 aromatic heterocycles. The van der Waals surface area contributed by atoms with Crippen LogP contribution in [0.3, 0.4) is 0 Å². The van der Waals surface area contributed by atoms with Crippen LogP contribution in [0, 0.1) is 5.82 Å². The van der Waals surface area contributed by atoms with Crippen LogP contribution >= 0.6 is 11.6 Å². The second-order valence-electron chi connectivity index (χ2n) is 2.44. The highest BCUT2D eigenvalue weighted by Crippen LogP contribution is 2.16.